The van der Waals surface area contributed by atoms with Crippen LogP contribution < -0.4 is 26.2 Å². The number of carbonyl (C=O) groups excluding carboxylic acids is 1. The van der Waals surface area contributed by atoms with Crippen LogP contribution in [0.2, 0.25) is 0 Å². The van der Waals surface area contributed by atoms with Gasteiger partial charge in [-0.2, -0.15) is 0 Å². The lowest BCUT2D eigenvalue weighted by Crippen LogP contribution is -2.38. The molecular weight excluding hydrogens is 300 g/mol. The molecule has 0 aliphatic rings. The van der Waals surface area contributed by atoms with E-state index in [1.54, 1.807) is 26.2 Å². The van der Waals surface area contributed by atoms with Crippen molar-refractivity contribution < 1.29 is 14.3 Å². The molecule has 0 atom stereocenters. The van der Waals surface area contributed by atoms with Crippen LogP contribution in [0.4, 0.5) is 11.4 Å². The van der Waals surface area contributed by atoms with Crippen molar-refractivity contribution in [3.05, 3.63) is 50.3 Å². The summed E-state index contributed by atoms with van der Waals surface area (Å²) >= 11 is 0. The molecule has 0 spiro atoms. The molecule has 0 aliphatic carbocycles. The maximum absolute atomic E-state index is 11.6. The van der Waals surface area contributed by atoms with Gasteiger partial charge in [-0.25, -0.2) is 0 Å². The lowest BCUT2D eigenvalue weighted by Gasteiger charge is -2.14. The van der Waals surface area contributed by atoms with E-state index < -0.39 is 16.8 Å². The first-order valence-corrected chi connectivity index (χ1v) is 7.16. The zero-order valence-corrected chi connectivity index (χ0v) is 13.0. The van der Waals surface area contributed by atoms with Crippen LogP contribution in [-0.4, -0.2) is 26.2 Å². The molecule has 0 amide bonds. The van der Waals surface area contributed by atoms with Crippen molar-refractivity contribution in [2.75, 3.05) is 30.9 Å². The summed E-state index contributed by atoms with van der Waals surface area (Å²) in [4.78, 5) is 34.5. The number of rotatable bonds is 8. The molecule has 2 N–H and O–H groups in total. The zero-order valence-electron chi connectivity index (χ0n) is 13.0. The Bertz CT molecular complexity index is 745. The molecular formula is C16H18N2O5. The first-order chi connectivity index (χ1) is 11.1. The average Bonchev–Trinajstić information content (AvgIpc) is 2.57. The van der Waals surface area contributed by atoms with E-state index >= 15 is 0 Å². The van der Waals surface area contributed by atoms with Crippen molar-refractivity contribution >= 4 is 17.3 Å². The fraction of sp³-hybridized carbons (Fsp3) is 0.312. The molecule has 0 bridgehead atoms. The summed E-state index contributed by atoms with van der Waals surface area (Å²) in [6.45, 7) is 2.17. The molecule has 0 saturated carbocycles. The van der Waals surface area contributed by atoms with E-state index in [0.717, 1.165) is 11.3 Å². The quantitative estimate of drug-likeness (QED) is 0.551. The first kappa shape index (κ1) is 16.5. The topological polar surface area (TPSA) is 93.7 Å². The second-order valence-electron chi connectivity index (χ2n) is 4.77. The van der Waals surface area contributed by atoms with Gasteiger partial charge in [-0.15, -0.1) is 0 Å². The number of esters is 1. The summed E-state index contributed by atoms with van der Waals surface area (Å²) in [6.07, 6.45) is 0. The van der Waals surface area contributed by atoms with Gasteiger partial charge in [0.1, 0.15) is 23.7 Å². The number of carbonyl (C=O) groups is 1. The molecule has 0 heterocycles. The zero-order chi connectivity index (χ0) is 16.8. The Morgan fingerprint density at radius 2 is 1.65 bits per heavy atom. The summed E-state index contributed by atoms with van der Waals surface area (Å²) in [5.41, 5.74) is 0.0123. The summed E-state index contributed by atoms with van der Waals surface area (Å²) in [5.74, 6) is 0.251. The van der Waals surface area contributed by atoms with Gasteiger partial charge in [0.2, 0.25) is 0 Å². The van der Waals surface area contributed by atoms with E-state index in [0.29, 0.717) is 6.54 Å². The maximum Gasteiger partial charge on any atom is 0.325 e. The number of hydrogen-bond donors (Lipinski definition) is 2. The molecule has 2 aromatic carbocycles. The third-order valence-electron chi connectivity index (χ3n) is 3.25. The van der Waals surface area contributed by atoms with Crippen molar-refractivity contribution in [1.82, 2.24) is 0 Å². The fourth-order valence-corrected chi connectivity index (χ4v) is 2.04. The van der Waals surface area contributed by atoms with E-state index in [2.05, 4.69) is 10.6 Å². The van der Waals surface area contributed by atoms with Crippen LogP contribution in [0.15, 0.2) is 33.9 Å². The fourth-order valence-electron chi connectivity index (χ4n) is 2.04. The van der Waals surface area contributed by atoms with Gasteiger partial charge in [0.15, 0.2) is 0 Å². The third kappa shape index (κ3) is 3.88. The molecule has 0 aliphatic heterocycles. The van der Waals surface area contributed by atoms with Gasteiger partial charge in [0, 0.05) is 6.54 Å². The predicted molar refractivity (Wildman–Crippen MR) is 86.8 cm³/mol. The molecule has 0 unspecified atom stereocenters. The molecule has 23 heavy (non-hydrogen) atoms. The van der Waals surface area contributed by atoms with Crippen molar-refractivity contribution in [3.63, 3.8) is 0 Å². The highest BCUT2D eigenvalue weighted by Gasteiger charge is 2.21. The molecule has 0 radical (unpaired) electrons. The Balaban J connectivity index is 1.97. The van der Waals surface area contributed by atoms with E-state index in [9.17, 15) is 14.4 Å². The van der Waals surface area contributed by atoms with Crippen LogP contribution in [0.3, 0.4) is 0 Å². The monoisotopic (exact) mass is 318 g/mol. The first-order valence-electron chi connectivity index (χ1n) is 7.16. The van der Waals surface area contributed by atoms with Gasteiger partial charge in [0.25, 0.3) is 10.9 Å². The molecule has 7 heteroatoms. The Kier molecular flexibility index (Phi) is 5.35. The smallest absolute Gasteiger partial charge is 0.325 e. The number of nitrogens with one attached hydrogen (secondary N) is 2. The van der Waals surface area contributed by atoms with Gasteiger partial charge >= 0.3 is 5.97 Å². The third-order valence-corrected chi connectivity index (χ3v) is 3.25. The van der Waals surface area contributed by atoms with E-state index in [1.807, 2.05) is 12.1 Å². The van der Waals surface area contributed by atoms with Crippen LogP contribution in [0, 0.1) is 0 Å². The standard InChI is InChI=1S/C16H18N2O5/c1-3-23-12(19)9-18-14-13(15(20)16(14)21)17-8-10-4-6-11(22-2)7-5-10/h4-7,17-18H,3,8-9H2,1-2H3. The lowest BCUT2D eigenvalue weighted by molar-refractivity contribution is -0.140. The largest absolute Gasteiger partial charge is 0.497 e. The number of benzene rings is 1. The second-order valence-corrected chi connectivity index (χ2v) is 4.77. The van der Waals surface area contributed by atoms with Crippen LogP contribution in [-0.2, 0) is 16.1 Å². The number of anilines is 2. The van der Waals surface area contributed by atoms with Crippen molar-refractivity contribution in [3.8, 4) is 5.75 Å². The minimum Gasteiger partial charge on any atom is -0.497 e. The highest BCUT2D eigenvalue weighted by molar-refractivity contribution is 5.80. The second kappa shape index (κ2) is 7.44. The Hall–Kier alpha value is -2.83. The van der Waals surface area contributed by atoms with Crippen LogP contribution in [0.5, 0.6) is 5.75 Å². The Morgan fingerprint density at radius 1 is 1.04 bits per heavy atom. The molecule has 0 aromatic heterocycles. The Morgan fingerprint density at radius 3 is 2.22 bits per heavy atom. The van der Waals surface area contributed by atoms with Gasteiger partial charge in [-0.3, -0.25) is 14.4 Å². The predicted octanol–water partition coefficient (Wildman–Crippen LogP) is 0.878. The van der Waals surface area contributed by atoms with Crippen LogP contribution in [0.1, 0.15) is 12.5 Å². The van der Waals surface area contributed by atoms with Gasteiger partial charge < -0.3 is 20.1 Å². The highest BCUT2D eigenvalue weighted by atomic mass is 16.5. The maximum atomic E-state index is 11.6. The summed E-state index contributed by atoms with van der Waals surface area (Å²) < 4.78 is 9.82. The minimum absolute atomic E-state index is 0.122. The Labute approximate surface area is 132 Å². The molecule has 2 rings (SSSR count). The molecule has 0 fully saturated rings. The van der Waals surface area contributed by atoms with Crippen molar-refractivity contribution in [2.24, 2.45) is 0 Å². The molecule has 2 aromatic rings. The summed E-state index contributed by atoms with van der Waals surface area (Å²) in [7, 11) is 1.58. The SMILES string of the molecule is CCOC(=O)CNc1c(NCc2ccc(OC)cc2)c(=O)c1=O. The van der Waals surface area contributed by atoms with E-state index in [-0.39, 0.29) is 24.5 Å². The van der Waals surface area contributed by atoms with Gasteiger partial charge in [0.05, 0.1) is 13.7 Å². The lowest BCUT2D eigenvalue weighted by atomic mass is 10.1. The number of hydrogen-bond acceptors (Lipinski definition) is 7. The summed E-state index contributed by atoms with van der Waals surface area (Å²) in [5, 5.41) is 5.55. The van der Waals surface area contributed by atoms with Crippen molar-refractivity contribution in [2.45, 2.75) is 13.5 Å². The van der Waals surface area contributed by atoms with Crippen LogP contribution >= 0.6 is 0 Å². The molecule has 7 nitrogen and oxygen atoms in total. The number of ether oxygens (including phenoxy) is 2. The molecule has 0 saturated heterocycles. The van der Waals surface area contributed by atoms with Gasteiger partial charge in [-0.05, 0) is 24.6 Å². The van der Waals surface area contributed by atoms with E-state index in [1.165, 1.54) is 0 Å². The molecule has 122 valence electrons. The number of methoxy groups -OCH3 is 1. The summed E-state index contributed by atoms with van der Waals surface area (Å²) in [6, 6.07) is 7.31. The minimum atomic E-state index is -0.633. The van der Waals surface area contributed by atoms with Crippen molar-refractivity contribution in [1.29, 1.82) is 0 Å². The average molecular weight is 318 g/mol. The normalized spacial score (nSPS) is 10.3. The van der Waals surface area contributed by atoms with E-state index in [4.69, 9.17) is 9.47 Å². The van der Waals surface area contributed by atoms with Gasteiger partial charge in [-0.1, -0.05) is 12.1 Å². The highest BCUT2D eigenvalue weighted by Crippen LogP contribution is 2.17. The van der Waals surface area contributed by atoms with Crippen LogP contribution in [0.25, 0.3) is 0 Å².